The molecule has 1 saturated carbocycles. The van der Waals surface area contributed by atoms with Crippen LogP contribution in [0, 0.1) is 11.3 Å². The Morgan fingerprint density at radius 1 is 1.00 bits per heavy atom. The summed E-state index contributed by atoms with van der Waals surface area (Å²) in [6, 6.07) is 7.38. The van der Waals surface area contributed by atoms with E-state index in [0.29, 0.717) is 23.3 Å². The maximum absolute atomic E-state index is 10.7. The van der Waals surface area contributed by atoms with E-state index in [1.54, 1.807) is 19.2 Å². The van der Waals surface area contributed by atoms with Gasteiger partial charge in [-0.15, -0.1) is 0 Å². The molecule has 0 saturated heterocycles. The minimum Gasteiger partial charge on any atom is -0.507 e. The van der Waals surface area contributed by atoms with Crippen LogP contribution < -0.4 is 9.47 Å². The third-order valence-electron chi connectivity index (χ3n) is 9.17. The average molecular weight is 563 g/mol. The zero-order valence-electron chi connectivity index (χ0n) is 25.3. The second-order valence-corrected chi connectivity index (χ2v) is 12.6. The molecule has 0 aromatic heterocycles. The first kappa shape index (κ1) is 30.7. The molecule has 3 atom stereocenters. The van der Waals surface area contributed by atoms with Crippen molar-refractivity contribution < 1.29 is 29.9 Å². The highest BCUT2D eigenvalue weighted by atomic mass is 16.5. The molecule has 1 aliphatic carbocycles. The van der Waals surface area contributed by atoms with Crippen LogP contribution >= 0.6 is 0 Å². The van der Waals surface area contributed by atoms with E-state index in [1.807, 2.05) is 44.2 Å². The molecule has 0 unspecified atom stereocenters. The number of ether oxygens (including phenoxy) is 2. The Hall–Kier alpha value is -3.22. The first-order valence-corrected chi connectivity index (χ1v) is 14.6. The molecule has 222 valence electrons. The number of hydrogen-bond donors (Lipinski definition) is 4. The van der Waals surface area contributed by atoms with Crippen LogP contribution in [0.4, 0.5) is 0 Å². The van der Waals surface area contributed by atoms with Gasteiger partial charge in [0.25, 0.3) is 0 Å². The molecule has 1 aliphatic heterocycles. The van der Waals surface area contributed by atoms with Gasteiger partial charge >= 0.3 is 0 Å². The number of hydrogen-bond acceptors (Lipinski definition) is 6. The van der Waals surface area contributed by atoms with Crippen LogP contribution in [-0.2, 0) is 12.8 Å². The summed E-state index contributed by atoms with van der Waals surface area (Å²) in [4.78, 5) is 0. The van der Waals surface area contributed by atoms with Crippen molar-refractivity contribution in [3.05, 3.63) is 69.8 Å². The SMILES string of the molecule is COc1cc(/C=C/c2cc(O)c(C/C=C(\C)CC/C=C(\C)CO)c(O)c2)cc2c1O[C@]1(C)CC[C@@H](O)C(C)(C)[C@H]1C2. The summed E-state index contributed by atoms with van der Waals surface area (Å²) in [7, 11) is 1.65. The van der Waals surface area contributed by atoms with Crippen molar-refractivity contribution in [2.24, 2.45) is 11.3 Å². The fourth-order valence-corrected chi connectivity index (χ4v) is 6.39. The van der Waals surface area contributed by atoms with E-state index in [0.717, 1.165) is 60.1 Å². The van der Waals surface area contributed by atoms with E-state index >= 15 is 0 Å². The lowest BCUT2D eigenvalue weighted by molar-refractivity contribution is -0.138. The topological polar surface area (TPSA) is 99.4 Å². The third-order valence-corrected chi connectivity index (χ3v) is 9.17. The number of aliphatic hydroxyl groups is 2. The van der Waals surface area contributed by atoms with Crippen molar-refractivity contribution in [3.8, 4) is 23.0 Å². The van der Waals surface area contributed by atoms with Crippen molar-refractivity contribution in [3.63, 3.8) is 0 Å². The van der Waals surface area contributed by atoms with Crippen LogP contribution in [0.25, 0.3) is 12.2 Å². The highest BCUT2D eigenvalue weighted by Gasteiger charge is 2.54. The number of fused-ring (bicyclic) bond motifs is 2. The van der Waals surface area contributed by atoms with Crippen LogP contribution in [0.5, 0.6) is 23.0 Å². The van der Waals surface area contributed by atoms with Crippen LogP contribution in [0.1, 0.15) is 82.6 Å². The molecule has 0 bridgehead atoms. The Balaban J connectivity index is 1.53. The monoisotopic (exact) mass is 562 g/mol. The number of phenolic OH excluding ortho intramolecular Hbond substituents is 2. The van der Waals surface area contributed by atoms with Crippen LogP contribution in [0.3, 0.4) is 0 Å². The fraction of sp³-hybridized carbons (Fsp3) is 0.486. The van der Waals surface area contributed by atoms with E-state index in [4.69, 9.17) is 14.6 Å². The largest absolute Gasteiger partial charge is 0.507 e. The van der Waals surface area contributed by atoms with E-state index in [1.165, 1.54) is 0 Å². The smallest absolute Gasteiger partial charge is 0.165 e. The molecular formula is C35H46O6. The molecule has 6 nitrogen and oxygen atoms in total. The van der Waals surface area contributed by atoms with E-state index < -0.39 is 0 Å². The number of methoxy groups -OCH3 is 1. The molecule has 4 N–H and O–H groups in total. The minimum absolute atomic E-state index is 0.0542. The number of rotatable bonds is 9. The molecule has 1 fully saturated rings. The lowest BCUT2D eigenvalue weighted by atomic mass is 9.57. The Bertz CT molecular complexity index is 1330. The summed E-state index contributed by atoms with van der Waals surface area (Å²) in [6.07, 6.45) is 11.9. The maximum Gasteiger partial charge on any atom is 0.165 e. The molecule has 2 aromatic carbocycles. The number of phenols is 2. The molecule has 6 heteroatoms. The first-order chi connectivity index (χ1) is 19.4. The Labute approximate surface area is 244 Å². The molecule has 0 amide bonds. The standard InChI is InChI=1S/C35H46O6/c1-22(8-7-9-23(2)21-36)10-13-27-28(37)17-25(18-29(27)38)12-11-24-16-26-20-31-34(3,4)32(39)14-15-35(31,5)41-33(26)30(19-24)40-6/h9-12,16-19,31-32,36-39H,7-8,13-15,20-21H2,1-6H3/b12-11+,22-10+,23-9+/t31-,32-,35-/m1/s1. The predicted octanol–water partition coefficient (Wildman–Crippen LogP) is 6.98. The van der Waals surface area contributed by atoms with Crippen LogP contribution in [-0.4, -0.2) is 45.8 Å². The molecular weight excluding hydrogens is 516 g/mol. The summed E-state index contributed by atoms with van der Waals surface area (Å²) >= 11 is 0. The molecule has 2 aromatic rings. The first-order valence-electron chi connectivity index (χ1n) is 14.6. The second-order valence-electron chi connectivity index (χ2n) is 12.6. The van der Waals surface area contributed by atoms with Gasteiger partial charge in [0.2, 0.25) is 0 Å². The van der Waals surface area contributed by atoms with Crippen LogP contribution in [0.2, 0.25) is 0 Å². The lowest BCUT2D eigenvalue weighted by Crippen LogP contribution is -2.58. The molecule has 1 heterocycles. The Morgan fingerprint density at radius 3 is 2.29 bits per heavy atom. The molecule has 2 aliphatic rings. The normalized spacial score (nSPS) is 24.1. The van der Waals surface area contributed by atoms with Crippen molar-refractivity contribution in [2.75, 3.05) is 13.7 Å². The average Bonchev–Trinajstić information content (AvgIpc) is 2.92. The zero-order valence-corrected chi connectivity index (χ0v) is 25.3. The van der Waals surface area contributed by atoms with E-state index in [2.05, 4.69) is 26.8 Å². The van der Waals surface area contributed by atoms with Gasteiger partial charge in [-0.25, -0.2) is 0 Å². The van der Waals surface area contributed by atoms with Gasteiger partial charge in [-0.05, 0) is 106 Å². The van der Waals surface area contributed by atoms with E-state index in [9.17, 15) is 15.3 Å². The van der Waals surface area contributed by atoms with Crippen molar-refractivity contribution in [2.45, 2.75) is 84.8 Å². The van der Waals surface area contributed by atoms with E-state index in [-0.39, 0.29) is 41.1 Å². The molecule has 0 radical (unpaired) electrons. The third kappa shape index (κ3) is 6.65. The summed E-state index contributed by atoms with van der Waals surface area (Å²) in [5.74, 6) is 1.72. The van der Waals surface area contributed by atoms with Gasteiger partial charge in [-0.3, -0.25) is 0 Å². The van der Waals surface area contributed by atoms with Gasteiger partial charge < -0.3 is 29.9 Å². The number of aromatic hydroxyl groups is 2. The van der Waals surface area contributed by atoms with Gasteiger partial charge in [-0.2, -0.15) is 0 Å². The summed E-state index contributed by atoms with van der Waals surface area (Å²) in [5.41, 5.74) is 4.64. The zero-order chi connectivity index (χ0) is 29.9. The summed E-state index contributed by atoms with van der Waals surface area (Å²) in [5, 5.41) is 41.2. The highest BCUT2D eigenvalue weighted by Crippen LogP contribution is 2.55. The molecule has 41 heavy (non-hydrogen) atoms. The minimum atomic E-state index is -0.364. The van der Waals surface area contributed by atoms with Gasteiger partial charge in [-0.1, -0.05) is 49.3 Å². The van der Waals surface area contributed by atoms with Crippen LogP contribution in [0.15, 0.2) is 47.6 Å². The maximum atomic E-state index is 10.7. The lowest BCUT2D eigenvalue weighted by Gasteiger charge is -2.55. The molecule has 4 rings (SSSR count). The number of allylic oxidation sites excluding steroid dienone is 3. The number of aliphatic hydroxyl groups excluding tert-OH is 2. The number of benzene rings is 2. The second kappa shape index (κ2) is 12.3. The van der Waals surface area contributed by atoms with Crippen molar-refractivity contribution >= 4 is 12.2 Å². The predicted molar refractivity (Wildman–Crippen MR) is 164 cm³/mol. The van der Waals surface area contributed by atoms with Gasteiger partial charge in [0.15, 0.2) is 11.5 Å². The summed E-state index contributed by atoms with van der Waals surface area (Å²) in [6.45, 7) is 10.4. The highest BCUT2D eigenvalue weighted by molar-refractivity contribution is 5.73. The van der Waals surface area contributed by atoms with Gasteiger partial charge in [0.05, 0.1) is 19.8 Å². The van der Waals surface area contributed by atoms with Crippen molar-refractivity contribution in [1.82, 2.24) is 0 Å². The van der Waals surface area contributed by atoms with Gasteiger partial charge in [0, 0.05) is 11.5 Å². The summed E-state index contributed by atoms with van der Waals surface area (Å²) < 4.78 is 12.4. The Kier molecular flexibility index (Phi) is 9.25. The van der Waals surface area contributed by atoms with Gasteiger partial charge in [0.1, 0.15) is 17.1 Å². The Morgan fingerprint density at radius 2 is 1.66 bits per heavy atom. The van der Waals surface area contributed by atoms with Crippen molar-refractivity contribution in [1.29, 1.82) is 0 Å². The fourth-order valence-electron chi connectivity index (χ4n) is 6.39. The quantitative estimate of drug-likeness (QED) is 0.194. The molecule has 0 spiro atoms.